The minimum absolute atomic E-state index is 0.826. The van der Waals surface area contributed by atoms with Gasteiger partial charge in [0.05, 0.1) is 19.1 Å². The summed E-state index contributed by atoms with van der Waals surface area (Å²) in [6, 6.07) is 6.22. The van der Waals surface area contributed by atoms with Gasteiger partial charge in [0.25, 0.3) is 0 Å². The molecular weight excluding hydrogens is 280 g/mol. The van der Waals surface area contributed by atoms with Gasteiger partial charge < -0.3 is 9.30 Å². The Bertz CT molecular complexity index is 534. The Morgan fingerprint density at radius 1 is 1.41 bits per heavy atom. The van der Waals surface area contributed by atoms with Crippen molar-refractivity contribution in [2.75, 3.05) is 7.11 Å². The Kier molecular flexibility index (Phi) is 3.52. The van der Waals surface area contributed by atoms with E-state index in [9.17, 15) is 0 Å². The lowest BCUT2D eigenvalue weighted by Crippen LogP contribution is -1.93. The van der Waals surface area contributed by atoms with Crippen molar-refractivity contribution >= 4 is 15.9 Å². The van der Waals surface area contributed by atoms with E-state index in [1.807, 2.05) is 24.0 Å². The summed E-state index contributed by atoms with van der Waals surface area (Å²) in [6.45, 7) is 2.05. The number of hydrogen-bond donors (Lipinski definition) is 0. The number of halogens is 1. The van der Waals surface area contributed by atoms with Crippen LogP contribution < -0.4 is 4.74 Å². The van der Waals surface area contributed by atoms with Crippen LogP contribution in [0.4, 0.5) is 0 Å². The van der Waals surface area contributed by atoms with Gasteiger partial charge in [-0.25, -0.2) is 4.98 Å². The van der Waals surface area contributed by atoms with Crippen molar-refractivity contribution in [3.63, 3.8) is 0 Å². The van der Waals surface area contributed by atoms with E-state index in [2.05, 4.69) is 40.0 Å². The smallest absolute Gasteiger partial charge is 0.121 e. The molecule has 0 aliphatic heterocycles. The Hall–Kier alpha value is -1.29. The maximum Gasteiger partial charge on any atom is 0.121 e. The predicted molar refractivity (Wildman–Crippen MR) is 71.4 cm³/mol. The third-order valence-corrected chi connectivity index (χ3v) is 3.78. The van der Waals surface area contributed by atoms with Crippen LogP contribution in [-0.4, -0.2) is 16.7 Å². The van der Waals surface area contributed by atoms with Gasteiger partial charge in [0.2, 0.25) is 0 Å². The molecule has 1 heterocycles. The van der Waals surface area contributed by atoms with Gasteiger partial charge in [0.1, 0.15) is 10.4 Å². The molecule has 2 aromatic rings. The minimum Gasteiger partial charge on any atom is -0.496 e. The molecule has 2 rings (SSSR count). The number of hydrogen-bond acceptors (Lipinski definition) is 2. The lowest BCUT2D eigenvalue weighted by molar-refractivity contribution is 0.411. The molecule has 1 aromatic carbocycles. The van der Waals surface area contributed by atoms with E-state index in [1.54, 1.807) is 7.11 Å². The zero-order valence-corrected chi connectivity index (χ0v) is 11.8. The molecule has 17 heavy (non-hydrogen) atoms. The van der Waals surface area contributed by atoms with Gasteiger partial charge in [0, 0.05) is 13.5 Å². The first-order valence-corrected chi connectivity index (χ1v) is 6.20. The summed E-state index contributed by atoms with van der Waals surface area (Å²) in [6.07, 6.45) is 2.64. The second-order valence-corrected chi connectivity index (χ2v) is 4.82. The highest BCUT2D eigenvalue weighted by molar-refractivity contribution is 9.10. The summed E-state index contributed by atoms with van der Waals surface area (Å²) in [5.74, 6) is 0.925. The number of methoxy groups -OCH3 is 1. The Morgan fingerprint density at radius 3 is 2.71 bits per heavy atom. The van der Waals surface area contributed by atoms with E-state index in [-0.39, 0.29) is 0 Å². The largest absolute Gasteiger partial charge is 0.496 e. The molecule has 0 unspecified atom stereocenters. The molecular formula is C13H15BrN2O. The van der Waals surface area contributed by atoms with Crippen LogP contribution in [0.2, 0.25) is 0 Å². The summed E-state index contributed by atoms with van der Waals surface area (Å²) >= 11 is 3.53. The van der Waals surface area contributed by atoms with E-state index < -0.39 is 0 Å². The summed E-state index contributed by atoms with van der Waals surface area (Å²) in [7, 11) is 3.66. The van der Waals surface area contributed by atoms with E-state index in [1.165, 1.54) is 5.56 Å². The van der Waals surface area contributed by atoms with E-state index >= 15 is 0 Å². The molecule has 90 valence electrons. The lowest BCUT2D eigenvalue weighted by Gasteiger charge is -2.06. The molecule has 0 radical (unpaired) electrons. The first-order valence-electron chi connectivity index (χ1n) is 5.41. The van der Waals surface area contributed by atoms with Crippen molar-refractivity contribution in [2.24, 2.45) is 7.05 Å². The standard InChI is InChI=1S/C13H15BrN2O/c1-9-6-10(4-5-12(9)17-3)7-11-13(14)16(2)8-15-11/h4-6,8H,7H2,1-3H3. The minimum atomic E-state index is 0.826. The van der Waals surface area contributed by atoms with Crippen LogP contribution in [-0.2, 0) is 13.5 Å². The molecule has 1 aromatic heterocycles. The summed E-state index contributed by atoms with van der Waals surface area (Å²) in [5, 5.41) is 0. The highest BCUT2D eigenvalue weighted by atomic mass is 79.9. The van der Waals surface area contributed by atoms with Crippen molar-refractivity contribution in [3.8, 4) is 5.75 Å². The van der Waals surface area contributed by atoms with Gasteiger partial charge in [-0.2, -0.15) is 0 Å². The summed E-state index contributed by atoms with van der Waals surface area (Å²) in [5.41, 5.74) is 3.44. The average molecular weight is 295 g/mol. The van der Waals surface area contributed by atoms with Crippen LogP contribution in [0.1, 0.15) is 16.8 Å². The van der Waals surface area contributed by atoms with Crippen LogP contribution in [0.5, 0.6) is 5.75 Å². The van der Waals surface area contributed by atoms with Crippen LogP contribution >= 0.6 is 15.9 Å². The van der Waals surface area contributed by atoms with Crippen molar-refractivity contribution in [2.45, 2.75) is 13.3 Å². The van der Waals surface area contributed by atoms with Gasteiger partial charge >= 0.3 is 0 Å². The zero-order chi connectivity index (χ0) is 12.4. The molecule has 0 N–H and O–H groups in total. The van der Waals surface area contributed by atoms with Gasteiger partial charge in [-0.3, -0.25) is 0 Å². The number of nitrogens with zero attached hydrogens (tertiary/aromatic N) is 2. The SMILES string of the molecule is COc1ccc(Cc2ncn(C)c2Br)cc1C. The van der Waals surface area contributed by atoms with Crippen LogP contribution in [0.15, 0.2) is 29.1 Å². The zero-order valence-electron chi connectivity index (χ0n) is 10.2. The van der Waals surface area contributed by atoms with E-state index in [0.717, 1.165) is 28.0 Å². The molecule has 4 heteroatoms. The van der Waals surface area contributed by atoms with Crippen LogP contribution in [0.25, 0.3) is 0 Å². The van der Waals surface area contributed by atoms with Crippen molar-refractivity contribution in [1.29, 1.82) is 0 Å². The number of aryl methyl sites for hydroxylation is 2. The molecule has 0 bridgehead atoms. The van der Waals surface area contributed by atoms with Crippen molar-refractivity contribution in [3.05, 3.63) is 46.0 Å². The molecule has 0 amide bonds. The van der Waals surface area contributed by atoms with Crippen LogP contribution in [0, 0.1) is 6.92 Å². The molecule has 0 aliphatic carbocycles. The molecule has 0 aliphatic rings. The van der Waals surface area contributed by atoms with Gasteiger partial charge in [0.15, 0.2) is 0 Å². The third-order valence-electron chi connectivity index (χ3n) is 2.77. The fraction of sp³-hybridized carbons (Fsp3) is 0.308. The van der Waals surface area contributed by atoms with Crippen molar-refractivity contribution < 1.29 is 4.74 Å². The van der Waals surface area contributed by atoms with Gasteiger partial charge in [-0.15, -0.1) is 0 Å². The van der Waals surface area contributed by atoms with Gasteiger partial charge in [-0.05, 0) is 40.0 Å². The fourth-order valence-electron chi connectivity index (χ4n) is 1.83. The Morgan fingerprint density at radius 2 is 2.18 bits per heavy atom. The lowest BCUT2D eigenvalue weighted by atomic mass is 10.1. The quantitative estimate of drug-likeness (QED) is 0.870. The monoisotopic (exact) mass is 294 g/mol. The first kappa shape index (κ1) is 12.2. The normalized spacial score (nSPS) is 10.6. The third kappa shape index (κ3) is 2.52. The van der Waals surface area contributed by atoms with Gasteiger partial charge in [-0.1, -0.05) is 12.1 Å². The molecule has 0 spiro atoms. The van der Waals surface area contributed by atoms with Crippen LogP contribution in [0.3, 0.4) is 0 Å². The van der Waals surface area contributed by atoms with E-state index in [0.29, 0.717) is 0 Å². The topological polar surface area (TPSA) is 27.1 Å². The van der Waals surface area contributed by atoms with Crippen molar-refractivity contribution in [1.82, 2.24) is 9.55 Å². The molecule has 0 atom stereocenters. The number of rotatable bonds is 3. The Balaban J connectivity index is 2.25. The summed E-state index contributed by atoms with van der Waals surface area (Å²) in [4.78, 5) is 4.37. The Labute approximate surface area is 110 Å². The number of benzene rings is 1. The number of ether oxygens (including phenoxy) is 1. The molecule has 0 saturated heterocycles. The predicted octanol–water partition coefficient (Wildman–Crippen LogP) is 3.09. The molecule has 3 nitrogen and oxygen atoms in total. The number of aromatic nitrogens is 2. The second kappa shape index (κ2) is 4.92. The second-order valence-electron chi connectivity index (χ2n) is 4.07. The maximum atomic E-state index is 5.25. The fourth-order valence-corrected chi connectivity index (χ4v) is 2.16. The molecule has 0 saturated carbocycles. The molecule has 0 fully saturated rings. The highest BCUT2D eigenvalue weighted by Gasteiger charge is 2.07. The maximum absolute atomic E-state index is 5.25. The summed E-state index contributed by atoms with van der Waals surface area (Å²) < 4.78 is 8.25. The number of imidazole rings is 1. The average Bonchev–Trinajstić information content (AvgIpc) is 2.61. The highest BCUT2D eigenvalue weighted by Crippen LogP contribution is 2.22. The van der Waals surface area contributed by atoms with E-state index in [4.69, 9.17) is 4.74 Å². The first-order chi connectivity index (χ1) is 8.11.